The molecule has 4 atom stereocenters. The predicted molar refractivity (Wildman–Crippen MR) is 234 cm³/mol. The summed E-state index contributed by atoms with van der Waals surface area (Å²) >= 11 is 0. The van der Waals surface area contributed by atoms with Gasteiger partial charge in [-0.25, -0.2) is 18.6 Å². The standard InChI is InChI=1S/C44H48F2N10O8S/c1-4-52(2)65(61,62)51-35-9-7-32(45)40(31(35)22-47)64-27-6-8-34-29(18-27)42(59)56(24-48-34)26-21-44(63-23-26)12-15-54(16-13-44)36-10-5-25(17-38(36)57)28-20-37-30(19-33(28)46)41(50-53(37)3)55-14-11-39(58)49-43(55)60/h6-9,18-20,24-26,36,38,51,57H,4-5,10-17,21,23H2,1-3H3,(H,49,58,60)/t25?,26-,36?,38+/m1/s1. The number of imide groups is 1. The van der Waals surface area contributed by atoms with Crippen LogP contribution in [-0.2, 0) is 26.8 Å². The Balaban J connectivity index is 0.846. The maximum absolute atomic E-state index is 15.9. The van der Waals surface area contributed by atoms with E-state index in [1.807, 2.05) is 6.07 Å². The molecule has 1 saturated carbocycles. The summed E-state index contributed by atoms with van der Waals surface area (Å²) < 4.78 is 75.1. The van der Waals surface area contributed by atoms with Gasteiger partial charge in [0.05, 0.1) is 52.8 Å². The number of aryl methyl sites for hydroxylation is 1. The summed E-state index contributed by atoms with van der Waals surface area (Å²) in [6.07, 6.45) is 4.52. The van der Waals surface area contributed by atoms with Gasteiger partial charge in [0, 0.05) is 58.1 Å². The number of halogens is 2. The second-order valence-electron chi connectivity index (χ2n) is 17.3. The minimum Gasteiger partial charge on any atom is -0.453 e. The number of nitriles is 1. The van der Waals surface area contributed by atoms with Crippen LogP contribution >= 0.6 is 0 Å². The summed E-state index contributed by atoms with van der Waals surface area (Å²) in [6, 6.07) is 10.5. The number of hydrogen-bond acceptors (Lipinski definition) is 12. The zero-order valence-corrected chi connectivity index (χ0v) is 36.8. The number of nitrogens with zero attached hydrogens (tertiary/aromatic N) is 8. The van der Waals surface area contributed by atoms with Crippen molar-refractivity contribution in [2.45, 2.75) is 81.6 Å². The molecule has 4 fully saturated rings. The number of urea groups is 1. The molecule has 3 aromatic carbocycles. The lowest BCUT2D eigenvalue weighted by atomic mass is 9.78. The third kappa shape index (κ3) is 8.18. The van der Waals surface area contributed by atoms with E-state index in [0.29, 0.717) is 73.6 Å². The van der Waals surface area contributed by atoms with Crippen molar-refractivity contribution >= 4 is 55.5 Å². The van der Waals surface area contributed by atoms with Gasteiger partial charge in [0.2, 0.25) is 5.91 Å². The largest absolute Gasteiger partial charge is 0.453 e. The molecule has 5 aromatic rings. The first kappa shape index (κ1) is 44.2. The molecule has 18 nitrogen and oxygen atoms in total. The molecule has 3 saturated heterocycles. The van der Waals surface area contributed by atoms with E-state index in [-0.39, 0.29) is 83.8 Å². The maximum atomic E-state index is 15.9. The van der Waals surface area contributed by atoms with Crippen molar-refractivity contribution in [2.24, 2.45) is 7.05 Å². The summed E-state index contributed by atoms with van der Waals surface area (Å²) in [5.74, 6) is -2.13. The molecular weight excluding hydrogens is 867 g/mol. The number of anilines is 2. The van der Waals surface area contributed by atoms with Crippen LogP contribution in [0.3, 0.4) is 0 Å². The predicted octanol–water partition coefficient (Wildman–Crippen LogP) is 4.77. The average molecular weight is 915 g/mol. The molecule has 3 amide bonds. The van der Waals surface area contributed by atoms with Crippen LogP contribution in [-0.4, -0.2) is 112 Å². The van der Waals surface area contributed by atoms with Gasteiger partial charge in [0.25, 0.3) is 5.56 Å². The van der Waals surface area contributed by atoms with Crippen molar-refractivity contribution in [3.63, 3.8) is 0 Å². The minimum absolute atomic E-state index is 0.0385. The highest BCUT2D eigenvalue weighted by molar-refractivity contribution is 7.90. The number of carbonyl (C=O) groups is 2. The first-order valence-corrected chi connectivity index (χ1v) is 23.0. The van der Waals surface area contributed by atoms with Crippen LogP contribution in [0.5, 0.6) is 11.5 Å². The first-order valence-electron chi connectivity index (χ1n) is 21.6. The van der Waals surface area contributed by atoms with Gasteiger partial charge in [0.15, 0.2) is 17.4 Å². The molecule has 0 bridgehead atoms. The van der Waals surface area contributed by atoms with Gasteiger partial charge < -0.3 is 14.6 Å². The molecule has 65 heavy (non-hydrogen) atoms. The molecule has 5 heterocycles. The number of fused-ring (bicyclic) bond motifs is 2. The highest BCUT2D eigenvalue weighted by atomic mass is 32.2. The Hall–Kier alpha value is -6.05. The lowest BCUT2D eigenvalue weighted by molar-refractivity contribution is -0.120. The number of aromatic nitrogens is 4. The molecule has 342 valence electrons. The Morgan fingerprint density at radius 3 is 2.58 bits per heavy atom. The van der Waals surface area contributed by atoms with E-state index in [1.165, 1.54) is 41.0 Å². The lowest BCUT2D eigenvalue weighted by Crippen LogP contribution is -2.53. The van der Waals surface area contributed by atoms with E-state index in [4.69, 9.17) is 9.47 Å². The lowest BCUT2D eigenvalue weighted by Gasteiger charge is -2.46. The summed E-state index contributed by atoms with van der Waals surface area (Å²) in [7, 11) is -0.959. The number of nitrogens with one attached hydrogen (secondary N) is 2. The normalized spacial score (nSPS) is 22.8. The molecule has 4 aliphatic rings. The second-order valence-corrected chi connectivity index (χ2v) is 19.1. The van der Waals surface area contributed by atoms with Crippen LogP contribution < -0.4 is 25.2 Å². The average Bonchev–Trinajstić information content (AvgIpc) is 3.84. The van der Waals surface area contributed by atoms with Crippen LogP contribution in [0, 0.1) is 23.0 Å². The van der Waals surface area contributed by atoms with E-state index < -0.39 is 45.3 Å². The first-order chi connectivity index (χ1) is 31.1. The molecule has 21 heteroatoms. The number of amides is 3. The third-order valence-corrected chi connectivity index (χ3v) is 15.1. The van der Waals surface area contributed by atoms with Crippen molar-refractivity contribution in [1.82, 2.24) is 33.9 Å². The molecule has 9 rings (SSSR count). The minimum atomic E-state index is -4.04. The Labute approximate surface area is 372 Å². The van der Waals surface area contributed by atoms with Crippen molar-refractivity contribution in [3.05, 3.63) is 81.9 Å². The maximum Gasteiger partial charge on any atom is 0.329 e. The second kappa shape index (κ2) is 17.1. The van der Waals surface area contributed by atoms with Gasteiger partial charge in [-0.05, 0) is 92.5 Å². The quantitative estimate of drug-likeness (QED) is 0.173. The Morgan fingerprint density at radius 2 is 1.86 bits per heavy atom. The highest BCUT2D eigenvalue weighted by Gasteiger charge is 2.46. The Bertz CT molecular complexity index is 2950. The summed E-state index contributed by atoms with van der Waals surface area (Å²) in [6.45, 7) is 3.54. The molecule has 0 radical (unpaired) electrons. The fourth-order valence-electron chi connectivity index (χ4n) is 9.80. The number of aliphatic hydroxyl groups excluding tert-OH is 1. The van der Waals surface area contributed by atoms with Crippen LogP contribution in [0.1, 0.15) is 75.0 Å². The highest BCUT2D eigenvalue weighted by Crippen LogP contribution is 2.44. The van der Waals surface area contributed by atoms with Crippen molar-refractivity contribution in [1.29, 1.82) is 5.26 Å². The van der Waals surface area contributed by atoms with Crippen LogP contribution in [0.4, 0.5) is 25.1 Å². The van der Waals surface area contributed by atoms with Crippen LogP contribution in [0.25, 0.3) is 21.8 Å². The van der Waals surface area contributed by atoms with Gasteiger partial charge in [-0.15, -0.1) is 0 Å². The topological polar surface area (TPSA) is 217 Å². The number of ether oxygens (including phenoxy) is 2. The van der Waals surface area contributed by atoms with E-state index in [9.17, 15) is 33.2 Å². The summed E-state index contributed by atoms with van der Waals surface area (Å²) in [5.41, 5.74) is 0.109. The zero-order valence-electron chi connectivity index (χ0n) is 36.0. The van der Waals surface area contributed by atoms with E-state index in [2.05, 4.69) is 25.0 Å². The number of benzene rings is 3. The van der Waals surface area contributed by atoms with Gasteiger partial charge in [0.1, 0.15) is 23.2 Å². The smallest absolute Gasteiger partial charge is 0.329 e. The van der Waals surface area contributed by atoms with E-state index in [0.717, 1.165) is 16.4 Å². The summed E-state index contributed by atoms with van der Waals surface area (Å²) in [5, 5.41) is 28.9. The van der Waals surface area contributed by atoms with E-state index in [1.54, 1.807) is 30.8 Å². The van der Waals surface area contributed by atoms with Crippen LogP contribution in [0.2, 0.25) is 0 Å². The van der Waals surface area contributed by atoms with Crippen molar-refractivity contribution in [3.8, 4) is 17.6 Å². The molecule has 3 aliphatic heterocycles. The fraction of sp³-hybridized carbons (Fsp3) is 0.455. The van der Waals surface area contributed by atoms with Crippen LogP contribution in [0.15, 0.2) is 53.6 Å². The number of piperidine rings is 1. The molecular formula is C44H48F2N10O8S. The molecule has 3 N–H and O–H groups in total. The number of likely N-dealkylation sites (tertiary alicyclic amines) is 1. The van der Waals surface area contributed by atoms with E-state index >= 15 is 8.78 Å². The Kier molecular flexibility index (Phi) is 11.6. The summed E-state index contributed by atoms with van der Waals surface area (Å²) in [4.78, 5) is 46.4. The van der Waals surface area contributed by atoms with Gasteiger partial charge in [-0.1, -0.05) is 6.92 Å². The molecule has 1 spiro atoms. The SMILES string of the molecule is CCN(C)S(=O)(=O)Nc1ccc(F)c(Oc2ccc3ncn([C@H]4COC5(CCN(C6CCC(c7cc8c(cc7F)c(N7CCC(=O)NC7=O)nn8C)C[C@@H]6O)CC5)C4)c(=O)c3c2)c1C#N. The fourth-order valence-corrected chi connectivity index (χ4v) is 10.7. The number of carbonyl (C=O) groups excluding carboxylic acids is 2. The van der Waals surface area contributed by atoms with Gasteiger partial charge in [-0.3, -0.25) is 38.7 Å². The monoisotopic (exact) mass is 914 g/mol. The molecule has 1 aliphatic carbocycles. The van der Waals surface area contributed by atoms with Crippen molar-refractivity contribution in [2.75, 3.05) is 49.5 Å². The number of rotatable bonds is 10. The van der Waals surface area contributed by atoms with Crippen molar-refractivity contribution < 1.29 is 41.4 Å². The van der Waals surface area contributed by atoms with Gasteiger partial charge >= 0.3 is 16.2 Å². The Morgan fingerprint density at radius 1 is 1.08 bits per heavy atom. The number of hydrogen-bond donors (Lipinski definition) is 3. The molecule has 2 unspecified atom stereocenters. The number of aliphatic hydroxyl groups is 1. The third-order valence-electron chi connectivity index (χ3n) is 13.5. The van der Waals surface area contributed by atoms with Gasteiger partial charge in [-0.2, -0.15) is 23.1 Å². The zero-order chi connectivity index (χ0) is 45.9. The molecule has 2 aromatic heterocycles.